The first kappa shape index (κ1) is 22.2. The molecule has 0 bridgehead atoms. The van der Waals surface area contributed by atoms with Crippen LogP contribution in [0.15, 0.2) is 61.3 Å². The van der Waals surface area contributed by atoms with Gasteiger partial charge >= 0.3 is 6.01 Å². The third kappa shape index (κ3) is 4.45. The van der Waals surface area contributed by atoms with Crippen LogP contribution in [-0.4, -0.2) is 56.6 Å². The van der Waals surface area contributed by atoms with Crippen LogP contribution in [0.2, 0.25) is 0 Å². The number of sulfonamides is 1. The van der Waals surface area contributed by atoms with Gasteiger partial charge in [0, 0.05) is 25.3 Å². The number of hydrogen-bond donors (Lipinski definition) is 1. The van der Waals surface area contributed by atoms with Crippen molar-refractivity contribution in [3.63, 3.8) is 0 Å². The van der Waals surface area contributed by atoms with Gasteiger partial charge in [-0.2, -0.15) is 4.31 Å². The summed E-state index contributed by atoms with van der Waals surface area (Å²) in [4.78, 5) is 12.1. The maximum Gasteiger partial charge on any atom is 0.322 e. The zero-order valence-electron chi connectivity index (χ0n) is 17.0. The van der Waals surface area contributed by atoms with Crippen LogP contribution >= 0.6 is 0 Å². The van der Waals surface area contributed by atoms with Crippen molar-refractivity contribution >= 4 is 31.8 Å². The van der Waals surface area contributed by atoms with Crippen molar-refractivity contribution < 1.29 is 30.5 Å². The lowest BCUT2D eigenvalue weighted by Gasteiger charge is -2.30. The Labute approximate surface area is 184 Å². The summed E-state index contributed by atoms with van der Waals surface area (Å²) in [7, 11) is -7.76. The quantitative estimate of drug-likeness (QED) is 0.556. The van der Waals surface area contributed by atoms with Crippen LogP contribution in [0.1, 0.15) is 12.8 Å². The standard InChI is InChI=1S/C19H20N4O7S2/c1-31(25,26)15-6-2-3-7-16(15)32(27,28)23-10-8-13(9-11-23)17(24)20-19-22-21-18(30-19)14-5-4-12-29-14/h2-7,12-13H,8-11H2,1H3,(H,20,22,24). The van der Waals surface area contributed by atoms with E-state index in [-0.39, 0.29) is 53.5 Å². The maximum atomic E-state index is 13.1. The highest BCUT2D eigenvalue weighted by atomic mass is 32.2. The van der Waals surface area contributed by atoms with Crippen LogP contribution in [0.25, 0.3) is 11.7 Å². The molecule has 0 spiro atoms. The molecule has 1 fully saturated rings. The van der Waals surface area contributed by atoms with Crippen LogP contribution in [0.4, 0.5) is 6.01 Å². The van der Waals surface area contributed by atoms with Gasteiger partial charge in [-0.05, 0) is 37.1 Å². The molecule has 1 aliphatic rings. The smallest absolute Gasteiger partial charge is 0.322 e. The SMILES string of the molecule is CS(=O)(=O)c1ccccc1S(=O)(=O)N1CCC(C(=O)Nc2nnc(-c3ccco3)o2)CC1. The van der Waals surface area contributed by atoms with Crippen LogP contribution in [0.5, 0.6) is 0 Å². The summed E-state index contributed by atoms with van der Waals surface area (Å²) >= 11 is 0. The molecular weight excluding hydrogens is 460 g/mol. The largest absolute Gasteiger partial charge is 0.459 e. The minimum Gasteiger partial charge on any atom is -0.459 e. The Morgan fingerprint density at radius 1 is 1.03 bits per heavy atom. The predicted molar refractivity (Wildman–Crippen MR) is 112 cm³/mol. The first-order valence-electron chi connectivity index (χ1n) is 9.64. The minimum absolute atomic E-state index is 0.0694. The number of piperidine rings is 1. The van der Waals surface area contributed by atoms with Gasteiger partial charge in [-0.1, -0.05) is 17.2 Å². The lowest BCUT2D eigenvalue weighted by molar-refractivity contribution is -0.121. The van der Waals surface area contributed by atoms with Crippen LogP contribution in [-0.2, 0) is 24.7 Å². The Bertz CT molecular complexity index is 1320. The van der Waals surface area contributed by atoms with Gasteiger partial charge in [0.25, 0.3) is 5.89 Å². The Kier molecular flexibility index (Phi) is 5.88. The van der Waals surface area contributed by atoms with Gasteiger partial charge in [0.05, 0.1) is 11.2 Å². The fourth-order valence-corrected chi connectivity index (χ4v) is 6.52. The van der Waals surface area contributed by atoms with Gasteiger partial charge in [-0.3, -0.25) is 10.1 Å². The molecule has 1 amide bonds. The van der Waals surface area contributed by atoms with Gasteiger partial charge in [0.2, 0.25) is 15.9 Å². The van der Waals surface area contributed by atoms with E-state index in [0.717, 1.165) is 6.26 Å². The number of anilines is 1. The minimum atomic E-state index is -4.03. The van der Waals surface area contributed by atoms with Gasteiger partial charge in [0.15, 0.2) is 15.6 Å². The third-order valence-electron chi connectivity index (χ3n) is 5.08. The van der Waals surface area contributed by atoms with Crippen molar-refractivity contribution in [1.29, 1.82) is 0 Å². The van der Waals surface area contributed by atoms with Gasteiger partial charge in [-0.15, -0.1) is 5.10 Å². The monoisotopic (exact) mass is 480 g/mol. The molecule has 11 nitrogen and oxygen atoms in total. The number of furan rings is 1. The Balaban J connectivity index is 1.41. The lowest BCUT2D eigenvalue weighted by atomic mass is 9.97. The molecule has 32 heavy (non-hydrogen) atoms. The molecule has 170 valence electrons. The maximum absolute atomic E-state index is 13.1. The Morgan fingerprint density at radius 3 is 2.34 bits per heavy atom. The first-order valence-corrected chi connectivity index (χ1v) is 13.0. The van der Waals surface area contributed by atoms with Crippen molar-refractivity contribution in [2.24, 2.45) is 5.92 Å². The summed E-state index contributed by atoms with van der Waals surface area (Å²) < 4.78 is 61.8. The van der Waals surface area contributed by atoms with Gasteiger partial charge < -0.3 is 8.83 Å². The number of carbonyl (C=O) groups excluding carboxylic acids is 1. The van der Waals surface area contributed by atoms with E-state index in [1.807, 2.05) is 0 Å². The number of nitrogens with zero attached hydrogens (tertiary/aromatic N) is 3. The van der Waals surface area contributed by atoms with Crippen LogP contribution in [0, 0.1) is 5.92 Å². The second-order valence-corrected chi connectivity index (χ2v) is 11.2. The zero-order valence-corrected chi connectivity index (χ0v) is 18.6. The van der Waals surface area contributed by atoms with Crippen molar-refractivity contribution in [3.05, 3.63) is 42.7 Å². The van der Waals surface area contributed by atoms with Gasteiger partial charge in [-0.25, -0.2) is 16.8 Å². The van der Waals surface area contributed by atoms with Crippen molar-refractivity contribution in [1.82, 2.24) is 14.5 Å². The summed E-state index contributed by atoms with van der Waals surface area (Å²) in [6.07, 6.45) is 2.93. The molecule has 4 rings (SSSR count). The van der Waals surface area contributed by atoms with Crippen molar-refractivity contribution in [3.8, 4) is 11.7 Å². The van der Waals surface area contributed by atoms with E-state index in [0.29, 0.717) is 5.76 Å². The summed E-state index contributed by atoms with van der Waals surface area (Å²) in [6, 6.07) is 8.70. The molecule has 1 aromatic carbocycles. The normalized spacial score (nSPS) is 16.2. The van der Waals surface area contributed by atoms with E-state index in [1.165, 1.54) is 34.8 Å². The molecule has 3 heterocycles. The predicted octanol–water partition coefficient (Wildman–Crippen LogP) is 1.77. The van der Waals surface area contributed by atoms with Crippen LogP contribution in [0.3, 0.4) is 0 Å². The zero-order chi connectivity index (χ0) is 22.9. The molecule has 1 aliphatic heterocycles. The van der Waals surface area contributed by atoms with E-state index in [2.05, 4.69) is 15.5 Å². The third-order valence-corrected chi connectivity index (χ3v) is 8.32. The van der Waals surface area contributed by atoms with Crippen molar-refractivity contribution in [2.45, 2.75) is 22.6 Å². The fourth-order valence-electron chi connectivity index (χ4n) is 3.45. The number of sulfone groups is 1. The second-order valence-electron chi connectivity index (χ2n) is 7.28. The Morgan fingerprint density at radius 2 is 1.72 bits per heavy atom. The molecule has 0 radical (unpaired) electrons. The van der Waals surface area contributed by atoms with Gasteiger partial charge in [0.1, 0.15) is 4.90 Å². The summed E-state index contributed by atoms with van der Waals surface area (Å²) in [5.41, 5.74) is 0. The molecule has 2 aromatic heterocycles. The number of hydrogen-bond acceptors (Lipinski definition) is 9. The molecule has 0 atom stereocenters. The number of nitrogens with one attached hydrogen (secondary N) is 1. The highest BCUT2D eigenvalue weighted by molar-refractivity contribution is 7.93. The summed E-state index contributed by atoms with van der Waals surface area (Å²) in [6.45, 7) is 0.139. The van der Waals surface area contributed by atoms with E-state index in [1.54, 1.807) is 12.1 Å². The molecule has 1 N–H and O–H groups in total. The summed E-state index contributed by atoms with van der Waals surface area (Å²) in [5, 5.41) is 10.1. The molecular formula is C19H20N4O7S2. The lowest BCUT2D eigenvalue weighted by Crippen LogP contribution is -2.41. The first-order chi connectivity index (χ1) is 15.2. The number of carbonyl (C=O) groups is 1. The highest BCUT2D eigenvalue weighted by Crippen LogP contribution is 2.28. The van der Waals surface area contributed by atoms with E-state index < -0.39 is 25.8 Å². The van der Waals surface area contributed by atoms with E-state index in [4.69, 9.17) is 8.83 Å². The molecule has 0 saturated carbocycles. The highest BCUT2D eigenvalue weighted by Gasteiger charge is 2.35. The molecule has 13 heteroatoms. The van der Waals surface area contributed by atoms with Crippen LogP contribution < -0.4 is 5.32 Å². The topological polar surface area (TPSA) is 153 Å². The molecule has 3 aromatic rings. The number of rotatable bonds is 6. The molecule has 0 aliphatic carbocycles. The van der Waals surface area contributed by atoms with E-state index >= 15 is 0 Å². The Hall–Kier alpha value is -3.03. The number of aromatic nitrogens is 2. The van der Waals surface area contributed by atoms with Crippen molar-refractivity contribution in [2.75, 3.05) is 24.7 Å². The summed E-state index contributed by atoms with van der Waals surface area (Å²) in [5.74, 6) is -0.347. The second kappa shape index (κ2) is 8.48. The fraction of sp³-hybridized carbons (Fsp3) is 0.316. The number of benzene rings is 1. The van der Waals surface area contributed by atoms with E-state index in [9.17, 15) is 21.6 Å². The average molecular weight is 481 g/mol. The molecule has 1 saturated heterocycles. The molecule has 0 unspecified atom stereocenters. The average Bonchev–Trinajstić information content (AvgIpc) is 3.45. The number of amides is 1.